The second-order valence-corrected chi connectivity index (χ2v) is 6.50. The number of benzene rings is 2. The van der Waals surface area contributed by atoms with Crippen LogP contribution in [0.4, 0.5) is 0 Å². The highest BCUT2D eigenvalue weighted by Crippen LogP contribution is 2.18. The van der Waals surface area contributed by atoms with Crippen LogP contribution in [0.15, 0.2) is 42.5 Å². The van der Waals surface area contributed by atoms with Crippen molar-refractivity contribution in [2.45, 2.75) is 33.4 Å². The van der Waals surface area contributed by atoms with Crippen LogP contribution in [0.25, 0.3) is 0 Å². The van der Waals surface area contributed by atoms with Gasteiger partial charge in [-0.3, -0.25) is 4.90 Å². The summed E-state index contributed by atoms with van der Waals surface area (Å²) in [4.78, 5) is 2.11. The van der Waals surface area contributed by atoms with Crippen LogP contribution < -0.4 is 9.47 Å². The highest BCUT2D eigenvalue weighted by atomic mass is 16.5. The molecule has 2 rings (SSSR count). The maximum atomic E-state index is 10.2. The summed E-state index contributed by atoms with van der Waals surface area (Å²) in [6.45, 7) is 8.47. The second-order valence-electron chi connectivity index (χ2n) is 6.50. The summed E-state index contributed by atoms with van der Waals surface area (Å²) in [5.41, 5.74) is 3.84. The van der Waals surface area contributed by atoms with Crippen molar-refractivity contribution in [1.82, 2.24) is 4.90 Å². The lowest BCUT2D eigenvalue weighted by molar-refractivity contribution is 0.0743. The molecule has 0 aliphatic heterocycles. The Bertz CT molecular complexity index is 655. The first kappa shape index (κ1) is 19.3. The number of rotatable bonds is 9. The molecule has 136 valence electrons. The van der Waals surface area contributed by atoms with Crippen molar-refractivity contribution in [3.63, 3.8) is 0 Å². The maximum Gasteiger partial charge on any atom is 0.119 e. The molecule has 0 saturated carbocycles. The maximum absolute atomic E-state index is 10.2. The van der Waals surface area contributed by atoms with E-state index in [4.69, 9.17) is 9.47 Å². The van der Waals surface area contributed by atoms with Crippen LogP contribution in [0.1, 0.15) is 23.6 Å². The lowest BCUT2D eigenvalue weighted by Gasteiger charge is -2.22. The molecule has 0 heterocycles. The van der Waals surface area contributed by atoms with Crippen LogP contribution in [0.2, 0.25) is 0 Å². The predicted octanol–water partition coefficient (Wildman–Crippen LogP) is 3.57. The first-order chi connectivity index (χ1) is 12.0. The topological polar surface area (TPSA) is 41.9 Å². The summed E-state index contributed by atoms with van der Waals surface area (Å²) in [6, 6.07) is 13.9. The van der Waals surface area contributed by atoms with Crippen LogP contribution in [0.3, 0.4) is 0 Å². The van der Waals surface area contributed by atoms with E-state index in [0.717, 1.165) is 18.0 Å². The van der Waals surface area contributed by atoms with E-state index in [-0.39, 0.29) is 6.61 Å². The third-order valence-corrected chi connectivity index (χ3v) is 4.04. The number of nitrogens with zero attached hydrogens (tertiary/aromatic N) is 1. The molecule has 0 fully saturated rings. The molecule has 0 saturated heterocycles. The molecule has 1 atom stereocenters. The van der Waals surface area contributed by atoms with E-state index in [1.165, 1.54) is 16.7 Å². The molecular formula is C21H29NO3. The Morgan fingerprint density at radius 2 is 1.64 bits per heavy atom. The minimum atomic E-state index is -0.540. The lowest BCUT2D eigenvalue weighted by Crippen LogP contribution is -2.33. The number of aliphatic hydroxyl groups is 1. The molecule has 0 unspecified atom stereocenters. The smallest absolute Gasteiger partial charge is 0.119 e. The molecule has 0 bridgehead atoms. The summed E-state index contributed by atoms with van der Waals surface area (Å²) in [7, 11) is 2.01. The highest BCUT2D eigenvalue weighted by molar-refractivity contribution is 5.31. The number of ether oxygens (including phenoxy) is 2. The third-order valence-electron chi connectivity index (χ3n) is 4.04. The Labute approximate surface area is 151 Å². The van der Waals surface area contributed by atoms with E-state index in [0.29, 0.717) is 13.2 Å². The zero-order valence-electron chi connectivity index (χ0n) is 15.7. The summed E-state index contributed by atoms with van der Waals surface area (Å²) >= 11 is 0. The van der Waals surface area contributed by atoms with Crippen molar-refractivity contribution in [1.29, 1.82) is 0 Å². The van der Waals surface area contributed by atoms with Gasteiger partial charge in [0.2, 0.25) is 0 Å². The third kappa shape index (κ3) is 6.40. The van der Waals surface area contributed by atoms with Crippen molar-refractivity contribution in [3.8, 4) is 11.5 Å². The molecule has 4 nitrogen and oxygen atoms in total. The number of hydrogen-bond donors (Lipinski definition) is 1. The largest absolute Gasteiger partial charge is 0.494 e. The van der Waals surface area contributed by atoms with Gasteiger partial charge in [-0.1, -0.05) is 23.8 Å². The van der Waals surface area contributed by atoms with Gasteiger partial charge >= 0.3 is 0 Å². The second kappa shape index (κ2) is 9.44. The summed E-state index contributed by atoms with van der Waals surface area (Å²) < 4.78 is 11.1. The standard InChI is InChI=1S/C21H29NO3/c1-5-24-20-8-10-21(11-9-20)25-15-19(23)14-22(4)13-18-7-6-16(2)12-17(18)3/h6-12,19,23H,5,13-15H2,1-4H3/t19-/m0/s1. The van der Waals surface area contributed by atoms with E-state index in [9.17, 15) is 5.11 Å². The van der Waals surface area contributed by atoms with Gasteiger partial charge in [0.15, 0.2) is 0 Å². The van der Waals surface area contributed by atoms with Crippen molar-refractivity contribution >= 4 is 0 Å². The van der Waals surface area contributed by atoms with Crippen LogP contribution in [-0.4, -0.2) is 42.9 Å². The summed E-state index contributed by atoms with van der Waals surface area (Å²) in [5, 5.41) is 10.2. The normalized spacial score (nSPS) is 12.2. The van der Waals surface area contributed by atoms with Gasteiger partial charge in [-0.15, -0.1) is 0 Å². The van der Waals surface area contributed by atoms with Gasteiger partial charge in [-0.25, -0.2) is 0 Å². The molecular weight excluding hydrogens is 314 g/mol. The van der Waals surface area contributed by atoms with Crippen LogP contribution in [-0.2, 0) is 6.54 Å². The number of aliphatic hydroxyl groups excluding tert-OH is 1. The Balaban J connectivity index is 1.78. The number of aryl methyl sites for hydroxylation is 2. The minimum absolute atomic E-state index is 0.269. The SMILES string of the molecule is CCOc1ccc(OC[C@@H](O)CN(C)Cc2ccc(C)cc2C)cc1. The first-order valence-corrected chi connectivity index (χ1v) is 8.76. The molecule has 25 heavy (non-hydrogen) atoms. The molecule has 0 aliphatic rings. The monoisotopic (exact) mass is 343 g/mol. The lowest BCUT2D eigenvalue weighted by atomic mass is 10.1. The molecule has 2 aromatic carbocycles. The van der Waals surface area contributed by atoms with Gasteiger partial charge in [-0.05, 0) is 63.2 Å². The van der Waals surface area contributed by atoms with E-state index < -0.39 is 6.10 Å². The molecule has 2 aromatic rings. The van der Waals surface area contributed by atoms with Crippen LogP contribution >= 0.6 is 0 Å². The first-order valence-electron chi connectivity index (χ1n) is 8.76. The van der Waals surface area contributed by atoms with Crippen molar-refractivity contribution in [2.75, 3.05) is 26.8 Å². The summed E-state index contributed by atoms with van der Waals surface area (Å²) in [6.07, 6.45) is -0.540. The Morgan fingerprint density at radius 1 is 1.00 bits per heavy atom. The molecule has 0 aromatic heterocycles. The van der Waals surface area contributed by atoms with Gasteiger partial charge < -0.3 is 14.6 Å². The zero-order valence-corrected chi connectivity index (χ0v) is 15.7. The molecule has 4 heteroatoms. The van der Waals surface area contributed by atoms with E-state index in [1.807, 2.05) is 38.2 Å². The fraction of sp³-hybridized carbons (Fsp3) is 0.429. The van der Waals surface area contributed by atoms with E-state index in [1.54, 1.807) is 0 Å². The van der Waals surface area contributed by atoms with E-state index in [2.05, 4.69) is 36.9 Å². The fourth-order valence-electron chi connectivity index (χ4n) is 2.78. The molecule has 0 radical (unpaired) electrons. The van der Waals surface area contributed by atoms with Gasteiger partial charge in [-0.2, -0.15) is 0 Å². The van der Waals surface area contributed by atoms with Crippen LogP contribution in [0.5, 0.6) is 11.5 Å². The van der Waals surface area contributed by atoms with Crippen molar-refractivity contribution < 1.29 is 14.6 Å². The van der Waals surface area contributed by atoms with Crippen molar-refractivity contribution in [3.05, 3.63) is 59.2 Å². The Morgan fingerprint density at radius 3 is 2.24 bits per heavy atom. The molecule has 0 amide bonds. The van der Waals surface area contributed by atoms with Gasteiger partial charge in [0.1, 0.15) is 24.2 Å². The van der Waals surface area contributed by atoms with Gasteiger partial charge in [0, 0.05) is 13.1 Å². The number of hydrogen-bond acceptors (Lipinski definition) is 4. The van der Waals surface area contributed by atoms with E-state index >= 15 is 0 Å². The molecule has 0 aliphatic carbocycles. The summed E-state index contributed by atoms with van der Waals surface area (Å²) in [5.74, 6) is 1.56. The highest BCUT2D eigenvalue weighted by Gasteiger charge is 2.11. The van der Waals surface area contributed by atoms with Gasteiger partial charge in [0.25, 0.3) is 0 Å². The average Bonchev–Trinajstić information content (AvgIpc) is 2.57. The minimum Gasteiger partial charge on any atom is -0.494 e. The van der Waals surface area contributed by atoms with Crippen LogP contribution in [0, 0.1) is 13.8 Å². The predicted molar refractivity (Wildman–Crippen MR) is 101 cm³/mol. The average molecular weight is 343 g/mol. The molecule has 1 N–H and O–H groups in total. The quantitative estimate of drug-likeness (QED) is 0.756. The Hall–Kier alpha value is -2.04. The Kier molecular flexibility index (Phi) is 7.29. The van der Waals surface area contributed by atoms with Crippen molar-refractivity contribution in [2.24, 2.45) is 0 Å². The number of likely N-dealkylation sites (N-methyl/N-ethyl adjacent to an activating group) is 1. The molecule has 0 spiro atoms. The van der Waals surface area contributed by atoms with Gasteiger partial charge in [0.05, 0.1) is 6.61 Å². The zero-order chi connectivity index (χ0) is 18.2. The fourth-order valence-corrected chi connectivity index (χ4v) is 2.78.